The monoisotopic (exact) mass is 281 g/mol. The molecule has 0 saturated heterocycles. The van der Waals surface area contributed by atoms with E-state index in [-0.39, 0.29) is 0 Å². The van der Waals surface area contributed by atoms with Crippen LogP contribution in [-0.2, 0) is 0 Å². The summed E-state index contributed by atoms with van der Waals surface area (Å²) in [5.74, 6) is 0. The molecule has 0 spiro atoms. The van der Waals surface area contributed by atoms with Gasteiger partial charge >= 0.3 is 0 Å². The van der Waals surface area contributed by atoms with Gasteiger partial charge in [0, 0.05) is 11.4 Å². The van der Waals surface area contributed by atoms with E-state index in [1.165, 1.54) is 4.90 Å². The van der Waals surface area contributed by atoms with Gasteiger partial charge in [0.05, 0.1) is 6.21 Å². The number of thioether (sulfide) groups is 1. The fourth-order valence-electron chi connectivity index (χ4n) is 1.27. The summed E-state index contributed by atoms with van der Waals surface area (Å²) >= 11 is 6.81. The molecule has 0 amide bonds. The summed E-state index contributed by atoms with van der Waals surface area (Å²) in [4.78, 5) is 1.25. The van der Waals surface area contributed by atoms with Crippen LogP contribution in [0.2, 0.25) is 0 Å². The molecule has 5 heteroatoms. The number of unbranched alkanes of at least 4 members (excludes halogenated alkanes) is 1. The number of rotatable bonds is 6. The van der Waals surface area contributed by atoms with Crippen molar-refractivity contribution in [2.45, 2.75) is 24.7 Å². The van der Waals surface area contributed by atoms with Crippen LogP contribution in [0.25, 0.3) is 0 Å². The van der Waals surface area contributed by atoms with E-state index >= 15 is 0 Å². The number of nitrogens with one attached hydrogen (secondary N) is 2. The average molecular weight is 281 g/mol. The van der Waals surface area contributed by atoms with E-state index in [0.717, 1.165) is 24.9 Å². The molecule has 18 heavy (non-hydrogen) atoms. The van der Waals surface area contributed by atoms with Crippen LogP contribution in [0.4, 0.5) is 0 Å². The zero-order valence-electron chi connectivity index (χ0n) is 10.8. The van der Waals surface area contributed by atoms with Crippen molar-refractivity contribution >= 4 is 35.3 Å². The first kappa shape index (κ1) is 15.0. The van der Waals surface area contributed by atoms with Crippen LogP contribution >= 0.6 is 24.0 Å². The Kier molecular flexibility index (Phi) is 7.44. The Balaban J connectivity index is 2.32. The van der Waals surface area contributed by atoms with Crippen molar-refractivity contribution in [3.05, 3.63) is 29.8 Å². The maximum atomic E-state index is 5.08. The number of benzene rings is 1. The lowest BCUT2D eigenvalue weighted by atomic mass is 10.2. The highest BCUT2D eigenvalue weighted by molar-refractivity contribution is 7.98. The smallest absolute Gasteiger partial charge is 0.186 e. The van der Waals surface area contributed by atoms with Crippen LogP contribution in [0.3, 0.4) is 0 Å². The molecule has 3 nitrogen and oxygen atoms in total. The molecular formula is C13H19N3S2. The van der Waals surface area contributed by atoms with Gasteiger partial charge in [-0.15, -0.1) is 11.8 Å². The van der Waals surface area contributed by atoms with Crippen molar-refractivity contribution in [1.29, 1.82) is 0 Å². The number of hydrazone groups is 1. The van der Waals surface area contributed by atoms with Crippen molar-refractivity contribution in [1.82, 2.24) is 10.7 Å². The molecule has 0 fully saturated rings. The van der Waals surface area contributed by atoms with E-state index in [0.29, 0.717) is 5.11 Å². The van der Waals surface area contributed by atoms with E-state index in [1.54, 1.807) is 18.0 Å². The van der Waals surface area contributed by atoms with Gasteiger partial charge in [-0.1, -0.05) is 25.5 Å². The van der Waals surface area contributed by atoms with Crippen LogP contribution in [0.1, 0.15) is 25.3 Å². The first-order valence-corrected chi connectivity index (χ1v) is 7.60. The second-order valence-electron chi connectivity index (χ2n) is 3.75. The summed E-state index contributed by atoms with van der Waals surface area (Å²) in [5.41, 5.74) is 3.86. The Morgan fingerprint density at radius 3 is 2.72 bits per heavy atom. The predicted molar refractivity (Wildman–Crippen MR) is 84.5 cm³/mol. The number of hydrogen-bond donors (Lipinski definition) is 2. The van der Waals surface area contributed by atoms with Gasteiger partial charge in [-0.05, 0) is 42.6 Å². The van der Waals surface area contributed by atoms with Crippen molar-refractivity contribution in [3.8, 4) is 0 Å². The molecule has 1 aromatic carbocycles. The van der Waals surface area contributed by atoms with E-state index in [1.807, 2.05) is 12.1 Å². The predicted octanol–water partition coefficient (Wildman–Crippen LogP) is 3.01. The molecule has 0 heterocycles. The highest BCUT2D eigenvalue weighted by atomic mass is 32.2. The maximum absolute atomic E-state index is 5.08. The highest BCUT2D eigenvalue weighted by Gasteiger charge is 1.92. The molecule has 0 saturated carbocycles. The van der Waals surface area contributed by atoms with E-state index in [2.05, 4.69) is 41.2 Å². The Hall–Kier alpha value is -1.07. The maximum Gasteiger partial charge on any atom is 0.186 e. The van der Waals surface area contributed by atoms with Crippen molar-refractivity contribution in [3.63, 3.8) is 0 Å². The van der Waals surface area contributed by atoms with Gasteiger partial charge < -0.3 is 5.32 Å². The second kappa shape index (κ2) is 8.94. The molecule has 1 aromatic rings. The normalized spacial score (nSPS) is 10.6. The fourth-order valence-corrected chi connectivity index (χ4v) is 1.84. The molecule has 0 atom stereocenters. The quantitative estimate of drug-likeness (QED) is 0.276. The van der Waals surface area contributed by atoms with Gasteiger partial charge in [-0.25, -0.2) is 0 Å². The first-order chi connectivity index (χ1) is 8.76. The lowest BCUT2D eigenvalue weighted by Gasteiger charge is -2.05. The van der Waals surface area contributed by atoms with Gasteiger partial charge in [-0.3, -0.25) is 5.43 Å². The molecule has 0 aliphatic heterocycles. The van der Waals surface area contributed by atoms with E-state index in [9.17, 15) is 0 Å². The summed E-state index contributed by atoms with van der Waals surface area (Å²) in [6.45, 7) is 3.04. The largest absolute Gasteiger partial charge is 0.361 e. The molecule has 0 radical (unpaired) electrons. The molecule has 2 N–H and O–H groups in total. The van der Waals surface area contributed by atoms with Gasteiger partial charge in [-0.2, -0.15) is 5.10 Å². The first-order valence-electron chi connectivity index (χ1n) is 5.97. The summed E-state index contributed by atoms with van der Waals surface area (Å²) < 4.78 is 0. The third kappa shape index (κ3) is 6.02. The van der Waals surface area contributed by atoms with Crippen molar-refractivity contribution in [2.24, 2.45) is 5.10 Å². The molecule has 98 valence electrons. The van der Waals surface area contributed by atoms with Gasteiger partial charge in [0.2, 0.25) is 0 Å². The Morgan fingerprint density at radius 2 is 2.11 bits per heavy atom. The third-order valence-electron chi connectivity index (χ3n) is 2.31. The van der Waals surface area contributed by atoms with Gasteiger partial charge in [0.25, 0.3) is 0 Å². The van der Waals surface area contributed by atoms with Gasteiger partial charge in [0.15, 0.2) is 5.11 Å². The fraction of sp³-hybridized carbons (Fsp3) is 0.385. The summed E-state index contributed by atoms with van der Waals surface area (Å²) in [7, 11) is 0. The Bertz CT molecular complexity index is 388. The molecule has 1 rings (SSSR count). The lowest BCUT2D eigenvalue weighted by molar-refractivity contribution is 0.745. The molecular weight excluding hydrogens is 262 g/mol. The zero-order valence-corrected chi connectivity index (χ0v) is 12.4. The van der Waals surface area contributed by atoms with E-state index < -0.39 is 0 Å². The second-order valence-corrected chi connectivity index (χ2v) is 5.04. The number of thiocarbonyl (C=S) groups is 1. The third-order valence-corrected chi connectivity index (χ3v) is 3.29. The number of hydrogen-bond acceptors (Lipinski definition) is 3. The van der Waals surface area contributed by atoms with Crippen LogP contribution in [0.5, 0.6) is 0 Å². The molecule has 0 aromatic heterocycles. The zero-order chi connectivity index (χ0) is 13.2. The molecule has 0 unspecified atom stereocenters. The Morgan fingerprint density at radius 1 is 1.39 bits per heavy atom. The van der Waals surface area contributed by atoms with E-state index in [4.69, 9.17) is 12.2 Å². The minimum absolute atomic E-state index is 0.570. The lowest BCUT2D eigenvalue weighted by Crippen LogP contribution is -2.32. The van der Waals surface area contributed by atoms with Crippen LogP contribution < -0.4 is 10.7 Å². The summed E-state index contributed by atoms with van der Waals surface area (Å²) in [5, 5.41) is 7.75. The standard InChI is InChI=1S/C13H19N3S2/c1-3-4-9-14-13(17)16-15-10-11-5-7-12(18-2)8-6-11/h5-8,10H,3-4,9H2,1-2H3,(H2,14,16,17). The average Bonchev–Trinajstić information content (AvgIpc) is 2.40. The summed E-state index contributed by atoms with van der Waals surface area (Å²) in [6.07, 6.45) is 6.09. The van der Waals surface area contributed by atoms with Crippen LogP contribution in [-0.4, -0.2) is 24.1 Å². The van der Waals surface area contributed by atoms with Crippen LogP contribution in [0.15, 0.2) is 34.3 Å². The topological polar surface area (TPSA) is 36.4 Å². The molecule has 0 bridgehead atoms. The van der Waals surface area contributed by atoms with Gasteiger partial charge in [0.1, 0.15) is 0 Å². The summed E-state index contributed by atoms with van der Waals surface area (Å²) in [6, 6.07) is 8.21. The number of nitrogens with zero attached hydrogens (tertiary/aromatic N) is 1. The Labute approximate surface area is 118 Å². The minimum Gasteiger partial charge on any atom is -0.361 e. The molecule has 0 aliphatic rings. The van der Waals surface area contributed by atoms with Crippen molar-refractivity contribution < 1.29 is 0 Å². The SMILES string of the molecule is CCCCNC(=S)NN=Cc1ccc(SC)cc1. The minimum atomic E-state index is 0.570. The van der Waals surface area contributed by atoms with Crippen LogP contribution in [0, 0.1) is 0 Å². The molecule has 0 aliphatic carbocycles. The highest BCUT2D eigenvalue weighted by Crippen LogP contribution is 2.13. The van der Waals surface area contributed by atoms with Crippen molar-refractivity contribution in [2.75, 3.05) is 12.8 Å².